The van der Waals surface area contributed by atoms with E-state index in [1.54, 1.807) is 24.3 Å². The first-order chi connectivity index (χ1) is 28.7. The summed E-state index contributed by atoms with van der Waals surface area (Å²) in [5.41, 5.74) is 11.3. The summed E-state index contributed by atoms with van der Waals surface area (Å²) < 4.78 is 5.51. The van der Waals surface area contributed by atoms with Crippen LogP contribution in [-0.2, 0) is 9.53 Å². The summed E-state index contributed by atoms with van der Waals surface area (Å²) in [7, 11) is 0. The number of ether oxygens (including phenoxy) is 1. The number of nitrogens with two attached hydrogens (primary N) is 1. The van der Waals surface area contributed by atoms with Crippen molar-refractivity contribution < 1.29 is 19.7 Å². The van der Waals surface area contributed by atoms with Crippen LogP contribution in [-0.4, -0.2) is 88.0 Å². The standard InChI is InChI=1S/C26H30N4O3.C21H24N4O/c1-17-10-11-19-21(14-17)28-24(20-7-2-3-8-22(20)31)29-25(19)30-12-4-6-18(16-30)15-27-26(32)23-9-5-13-33-23;1-14-8-9-16-18(11-14)23-20(17-6-2-3-7-19(17)26)24-21(16)25-10-4-5-15(12-22)13-25/h2-3,7-8,10-11,14,18,23,31H,4-6,9,12-13,15-16H2,1H3,(H,27,32);2-3,6-9,11,15,26H,4-5,10,12-13,22H2,1H3/t18?,23-;/m0./s1. The molecule has 4 aromatic carbocycles. The Morgan fingerprint density at radius 2 is 1.24 bits per heavy atom. The lowest BCUT2D eigenvalue weighted by Gasteiger charge is -2.34. The molecule has 1 amide bonds. The molecule has 12 nitrogen and oxygen atoms in total. The predicted molar refractivity (Wildman–Crippen MR) is 234 cm³/mol. The molecule has 3 aliphatic rings. The van der Waals surface area contributed by atoms with Gasteiger partial charge < -0.3 is 35.8 Å². The Labute approximate surface area is 345 Å². The minimum absolute atomic E-state index is 0.00873. The zero-order chi connectivity index (χ0) is 40.9. The molecule has 0 radical (unpaired) electrons. The lowest BCUT2D eigenvalue weighted by atomic mass is 9.97. The average molecular weight is 795 g/mol. The first kappa shape index (κ1) is 40.0. The molecule has 3 fully saturated rings. The Kier molecular flexibility index (Phi) is 12.2. The molecule has 0 spiro atoms. The number of amides is 1. The normalized spacial score (nSPS) is 19.4. The van der Waals surface area contributed by atoms with Crippen molar-refractivity contribution in [2.24, 2.45) is 17.6 Å². The van der Waals surface area contributed by atoms with Gasteiger partial charge in [-0.3, -0.25) is 4.79 Å². The van der Waals surface area contributed by atoms with Crippen molar-refractivity contribution in [2.45, 2.75) is 58.5 Å². The topological polar surface area (TPSA) is 163 Å². The van der Waals surface area contributed by atoms with E-state index in [2.05, 4.69) is 65.4 Å². The lowest BCUT2D eigenvalue weighted by Crippen LogP contribution is -2.43. The van der Waals surface area contributed by atoms with Gasteiger partial charge in [0.15, 0.2) is 11.6 Å². The number of phenols is 2. The first-order valence-electron chi connectivity index (χ1n) is 21.0. The van der Waals surface area contributed by atoms with Crippen molar-refractivity contribution in [3.63, 3.8) is 0 Å². The number of hydrogen-bond donors (Lipinski definition) is 4. The molecule has 2 aromatic heterocycles. The van der Waals surface area contributed by atoms with E-state index >= 15 is 0 Å². The van der Waals surface area contributed by atoms with E-state index in [1.807, 2.05) is 24.3 Å². The van der Waals surface area contributed by atoms with E-state index in [0.29, 0.717) is 54.3 Å². The number of phenolic OH excluding ortho intramolecular Hbond substituents is 2. The zero-order valence-electron chi connectivity index (χ0n) is 34.0. The molecule has 3 aliphatic heterocycles. The molecule has 3 atom stereocenters. The van der Waals surface area contributed by atoms with Gasteiger partial charge in [0.25, 0.3) is 0 Å². The van der Waals surface area contributed by atoms with Crippen LogP contribution < -0.4 is 20.9 Å². The van der Waals surface area contributed by atoms with Gasteiger partial charge in [0.05, 0.1) is 22.2 Å². The number of nitrogens with one attached hydrogen (secondary N) is 1. The maximum atomic E-state index is 12.4. The van der Waals surface area contributed by atoms with Gasteiger partial charge in [0.1, 0.15) is 29.2 Å². The van der Waals surface area contributed by atoms with Gasteiger partial charge in [0.2, 0.25) is 5.91 Å². The number of aromatic nitrogens is 4. The summed E-state index contributed by atoms with van der Waals surface area (Å²) in [6.45, 7) is 9.72. The smallest absolute Gasteiger partial charge is 0.249 e. The van der Waals surface area contributed by atoms with Crippen molar-refractivity contribution in [2.75, 3.05) is 55.7 Å². The van der Waals surface area contributed by atoms with Crippen molar-refractivity contribution in [1.82, 2.24) is 25.3 Å². The van der Waals surface area contributed by atoms with Crippen LogP contribution in [0.25, 0.3) is 44.6 Å². The second-order valence-corrected chi connectivity index (χ2v) is 16.2. The lowest BCUT2D eigenvalue weighted by molar-refractivity contribution is -0.130. The summed E-state index contributed by atoms with van der Waals surface area (Å²) in [5.74, 6) is 4.11. The molecule has 12 heteroatoms. The van der Waals surface area contributed by atoms with Crippen LogP contribution in [0, 0.1) is 25.7 Å². The molecule has 0 aliphatic carbocycles. The van der Waals surface area contributed by atoms with E-state index in [4.69, 9.17) is 30.4 Å². The summed E-state index contributed by atoms with van der Waals surface area (Å²) in [5, 5.41) is 25.8. The fraction of sp³-hybridized carbons (Fsp3) is 0.383. The highest BCUT2D eigenvalue weighted by molar-refractivity contribution is 5.93. The second kappa shape index (κ2) is 18.0. The third kappa shape index (κ3) is 9.09. The van der Waals surface area contributed by atoms with Gasteiger partial charge >= 0.3 is 0 Å². The van der Waals surface area contributed by atoms with Crippen LogP contribution in [0.3, 0.4) is 0 Å². The number of aryl methyl sites for hydroxylation is 2. The minimum atomic E-state index is -0.292. The van der Waals surface area contributed by atoms with Gasteiger partial charge in [-0.15, -0.1) is 0 Å². The van der Waals surface area contributed by atoms with Crippen molar-refractivity contribution in [3.05, 3.63) is 96.1 Å². The summed E-state index contributed by atoms with van der Waals surface area (Å²) in [6, 6.07) is 26.9. The Bertz CT molecular complexity index is 2440. The van der Waals surface area contributed by atoms with Crippen LogP contribution in [0.4, 0.5) is 11.6 Å². The quantitative estimate of drug-likeness (QED) is 0.122. The average Bonchev–Trinajstić information content (AvgIpc) is 3.81. The van der Waals surface area contributed by atoms with Crippen molar-refractivity contribution in [3.8, 4) is 34.3 Å². The molecule has 5 N–H and O–H groups in total. The van der Waals surface area contributed by atoms with Crippen LogP contribution in [0.1, 0.15) is 49.7 Å². The molecule has 6 aromatic rings. The Morgan fingerprint density at radius 1 is 0.712 bits per heavy atom. The number of anilines is 2. The fourth-order valence-electron chi connectivity index (χ4n) is 8.51. The zero-order valence-corrected chi connectivity index (χ0v) is 34.0. The number of hydrogen-bond acceptors (Lipinski definition) is 11. The number of fused-ring (bicyclic) bond motifs is 2. The van der Waals surface area contributed by atoms with Crippen LogP contribution in [0.2, 0.25) is 0 Å². The molecule has 3 saturated heterocycles. The third-order valence-electron chi connectivity index (χ3n) is 11.7. The van der Waals surface area contributed by atoms with Gasteiger partial charge in [-0.2, -0.15) is 0 Å². The van der Waals surface area contributed by atoms with E-state index in [-0.39, 0.29) is 23.5 Å². The van der Waals surface area contributed by atoms with E-state index in [9.17, 15) is 15.0 Å². The van der Waals surface area contributed by atoms with Gasteiger partial charge in [-0.1, -0.05) is 36.4 Å². The number of aromatic hydroxyl groups is 2. The summed E-state index contributed by atoms with van der Waals surface area (Å²) in [6.07, 6.45) is 5.85. The van der Waals surface area contributed by atoms with Gasteiger partial charge in [-0.25, -0.2) is 19.9 Å². The first-order valence-corrected chi connectivity index (χ1v) is 21.0. The molecular formula is C47H54N8O4. The van der Waals surface area contributed by atoms with Gasteiger partial charge in [0, 0.05) is 50.1 Å². The SMILES string of the molecule is Cc1ccc2c(N3CCCC(CN)C3)nc(-c3ccccc3O)nc2c1.Cc1ccc2c(N3CCCC(CNC(=O)[C@@H]4CCCO4)C3)nc(-c3ccccc3O)nc2c1. The summed E-state index contributed by atoms with van der Waals surface area (Å²) >= 11 is 0. The highest BCUT2D eigenvalue weighted by atomic mass is 16.5. The molecular weight excluding hydrogens is 741 g/mol. The Hall–Kier alpha value is -5.85. The van der Waals surface area contributed by atoms with Gasteiger partial charge in [-0.05, 0) is 130 Å². The number of carbonyl (C=O) groups is 1. The number of para-hydroxylation sites is 2. The number of carbonyl (C=O) groups excluding carboxylic acids is 1. The number of benzene rings is 4. The molecule has 5 heterocycles. The summed E-state index contributed by atoms with van der Waals surface area (Å²) in [4.78, 5) is 36.3. The largest absolute Gasteiger partial charge is 0.507 e. The molecule has 9 rings (SSSR count). The number of rotatable bonds is 8. The second-order valence-electron chi connectivity index (χ2n) is 16.2. The molecule has 306 valence electrons. The van der Waals surface area contributed by atoms with Crippen molar-refractivity contribution in [1.29, 1.82) is 0 Å². The maximum Gasteiger partial charge on any atom is 0.249 e. The highest BCUT2D eigenvalue weighted by Crippen LogP contribution is 2.35. The number of nitrogens with zero attached hydrogens (tertiary/aromatic N) is 6. The third-order valence-corrected chi connectivity index (χ3v) is 11.7. The molecule has 59 heavy (non-hydrogen) atoms. The van der Waals surface area contributed by atoms with Crippen LogP contribution in [0.15, 0.2) is 84.9 Å². The molecule has 2 unspecified atom stereocenters. The highest BCUT2D eigenvalue weighted by Gasteiger charge is 2.28. The van der Waals surface area contributed by atoms with Crippen molar-refractivity contribution >= 4 is 39.3 Å². The number of piperidine rings is 2. The predicted octanol–water partition coefficient (Wildman–Crippen LogP) is 7.31. The molecule has 0 saturated carbocycles. The van der Waals surface area contributed by atoms with Crippen LogP contribution >= 0.6 is 0 Å². The minimum Gasteiger partial charge on any atom is -0.507 e. The maximum absolute atomic E-state index is 12.4. The fourth-order valence-corrected chi connectivity index (χ4v) is 8.51. The van der Waals surface area contributed by atoms with Crippen LogP contribution in [0.5, 0.6) is 11.5 Å². The van der Waals surface area contributed by atoms with E-state index in [1.165, 1.54) is 6.42 Å². The Morgan fingerprint density at radius 3 is 1.75 bits per heavy atom. The monoisotopic (exact) mass is 794 g/mol. The molecule has 0 bridgehead atoms. The Balaban J connectivity index is 0.000000169. The van der Waals surface area contributed by atoms with E-state index in [0.717, 1.165) is 103 Å². The van der Waals surface area contributed by atoms with E-state index < -0.39 is 0 Å².